The number of nitrogens with zero attached hydrogens (tertiary/aromatic N) is 2. The third-order valence-corrected chi connectivity index (χ3v) is 4.03. The van der Waals surface area contributed by atoms with Gasteiger partial charge in [0.05, 0.1) is 5.69 Å². The van der Waals surface area contributed by atoms with Gasteiger partial charge < -0.3 is 5.32 Å². The third kappa shape index (κ3) is 6.58. The Bertz CT molecular complexity index is 423. The van der Waals surface area contributed by atoms with Crippen molar-refractivity contribution in [3.05, 3.63) is 29.6 Å². The van der Waals surface area contributed by atoms with Gasteiger partial charge in [0.1, 0.15) is 0 Å². The Labute approximate surface area is 131 Å². The zero-order chi connectivity index (χ0) is 16.3. The molecule has 0 saturated carbocycles. The lowest BCUT2D eigenvalue weighted by Crippen LogP contribution is -2.39. The summed E-state index contributed by atoms with van der Waals surface area (Å²) in [4.78, 5) is 6.97. The fraction of sp³-hybridized carbons (Fsp3) is 0.722. The summed E-state index contributed by atoms with van der Waals surface area (Å²) < 4.78 is 0. The normalized spacial score (nSPS) is 14.5. The van der Waals surface area contributed by atoms with Crippen molar-refractivity contribution in [2.45, 2.75) is 73.1 Å². The molecule has 0 aliphatic rings. The van der Waals surface area contributed by atoms with Crippen LogP contribution in [-0.2, 0) is 13.1 Å². The van der Waals surface area contributed by atoms with E-state index < -0.39 is 0 Å². The summed E-state index contributed by atoms with van der Waals surface area (Å²) in [7, 11) is 2.17. The minimum absolute atomic E-state index is 0.140. The van der Waals surface area contributed by atoms with Crippen LogP contribution in [0.3, 0.4) is 0 Å². The average Bonchev–Trinajstić information content (AvgIpc) is 2.35. The zero-order valence-corrected chi connectivity index (χ0v) is 15.1. The molecule has 1 N–H and O–H groups in total. The van der Waals surface area contributed by atoms with Crippen LogP contribution in [0.15, 0.2) is 18.3 Å². The van der Waals surface area contributed by atoms with Gasteiger partial charge in [0.25, 0.3) is 0 Å². The second kappa shape index (κ2) is 6.89. The van der Waals surface area contributed by atoms with Crippen molar-refractivity contribution in [2.75, 3.05) is 7.05 Å². The van der Waals surface area contributed by atoms with E-state index >= 15 is 0 Å². The summed E-state index contributed by atoms with van der Waals surface area (Å²) in [6.07, 6.45) is 1.99. The van der Waals surface area contributed by atoms with E-state index in [1.165, 1.54) is 5.56 Å². The molecule has 0 aliphatic carbocycles. The van der Waals surface area contributed by atoms with Crippen molar-refractivity contribution < 1.29 is 0 Å². The molecule has 1 aromatic heterocycles. The first-order valence-corrected chi connectivity index (χ1v) is 7.88. The highest BCUT2D eigenvalue weighted by Crippen LogP contribution is 2.23. The number of pyridine rings is 1. The van der Waals surface area contributed by atoms with Gasteiger partial charge in [0.2, 0.25) is 0 Å². The maximum Gasteiger partial charge on any atom is 0.0544 e. The maximum absolute atomic E-state index is 4.60. The van der Waals surface area contributed by atoms with Gasteiger partial charge in [-0.3, -0.25) is 9.88 Å². The van der Waals surface area contributed by atoms with Crippen LogP contribution in [0, 0.1) is 5.41 Å². The smallest absolute Gasteiger partial charge is 0.0544 e. The molecular formula is C18H33N3. The molecule has 1 unspecified atom stereocenters. The van der Waals surface area contributed by atoms with E-state index in [9.17, 15) is 0 Å². The van der Waals surface area contributed by atoms with Gasteiger partial charge in [0, 0.05) is 30.9 Å². The Morgan fingerprint density at radius 2 is 1.76 bits per heavy atom. The fourth-order valence-corrected chi connectivity index (χ4v) is 2.07. The molecule has 1 heterocycles. The largest absolute Gasteiger partial charge is 0.308 e. The van der Waals surface area contributed by atoms with Crippen molar-refractivity contribution in [3.63, 3.8) is 0 Å². The lowest BCUT2D eigenvalue weighted by atomic mass is 9.87. The van der Waals surface area contributed by atoms with E-state index in [-0.39, 0.29) is 11.0 Å². The number of aromatic nitrogens is 1. The van der Waals surface area contributed by atoms with Gasteiger partial charge in [-0.05, 0) is 51.8 Å². The van der Waals surface area contributed by atoms with E-state index in [2.05, 4.69) is 82.8 Å². The van der Waals surface area contributed by atoms with Crippen LogP contribution in [0.2, 0.25) is 0 Å². The van der Waals surface area contributed by atoms with Gasteiger partial charge >= 0.3 is 0 Å². The minimum Gasteiger partial charge on any atom is -0.308 e. The van der Waals surface area contributed by atoms with Crippen LogP contribution in [-0.4, -0.2) is 28.5 Å². The number of hydrogen-bond donors (Lipinski definition) is 1. The van der Waals surface area contributed by atoms with Crippen molar-refractivity contribution in [1.82, 2.24) is 15.2 Å². The van der Waals surface area contributed by atoms with Crippen molar-refractivity contribution in [2.24, 2.45) is 5.41 Å². The highest BCUT2D eigenvalue weighted by atomic mass is 15.1. The summed E-state index contributed by atoms with van der Waals surface area (Å²) in [5.41, 5.74) is 2.79. The summed E-state index contributed by atoms with van der Waals surface area (Å²) in [5, 5.41) is 3.49. The first-order valence-electron chi connectivity index (χ1n) is 7.88. The van der Waals surface area contributed by atoms with Gasteiger partial charge in [-0.1, -0.05) is 26.8 Å². The molecule has 1 aromatic rings. The highest BCUT2D eigenvalue weighted by molar-refractivity contribution is 5.14. The molecule has 1 rings (SSSR count). The predicted octanol–water partition coefficient (Wildman–Crippen LogP) is 3.84. The quantitative estimate of drug-likeness (QED) is 0.893. The third-order valence-electron chi connectivity index (χ3n) is 4.03. The zero-order valence-electron chi connectivity index (χ0n) is 15.1. The van der Waals surface area contributed by atoms with Crippen molar-refractivity contribution in [1.29, 1.82) is 0 Å². The van der Waals surface area contributed by atoms with Gasteiger partial charge in [-0.15, -0.1) is 0 Å². The molecule has 120 valence electrons. The SMILES string of the molecule is CC(N(C)Cc1ccc(CNC(C)(C)C)cn1)C(C)(C)C. The lowest BCUT2D eigenvalue weighted by Gasteiger charge is -2.35. The van der Waals surface area contributed by atoms with Gasteiger partial charge in [0.15, 0.2) is 0 Å². The molecule has 0 fully saturated rings. The molecule has 0 saturated heterocycles. The molecule has 21 heavy (non-hydrogen) atoms. The van der Waals surface area contributed by atoms with Gasteiger partial charge in [-0.25, -0.2) is 0 Å². The van der Waals surface area contributed by atoms with Crippen LogP contribution in [0.4, 0.5) is 0 Å². The second-order valence-electron chi connectivity index (χ2n) is 8.22. The molecule has 0 aromatic carbocycles. The van der Waals surface area contributed by atoms with Crippen LogP contribution in [0.1, 0.15) is 59.7 Å². The Kier molecular flexibility index (Phi) is 5.94. The molecule has 1 atom stereocenters. The second-order valence-corrected chi connectivity index (χ2v) is 8.22. The molecular weight excluding hydrogens is 258 g/mol. The molecule has 3 heteroatoms. The Morgan fingerprint density at radius 3 is 2.19 bits per heavy atom. The standard InChI is InChI=1S/C18H33N3/c1-14(17(2,3)4)21(8)13-16-10-9-15(11-19-16)12-20-18(5,6)7/h9-11,14,20H,12-13H2,1-8H3. The van der Waals surface area contributed by atoms with E-state index in [0.29, 0.717) is 6.04 Å². The van der Waals surface area contributed by atoms with E-state index in [1.54, 1.807) is 0 Å². The average molecular weight is 291 g/mol. The molecule has 0 spiro atoms. The molecule has 0 radical (unpaired) electrons. The van der Waals surface area contributed by atoms with Crippen molar-refractivity contribution >= 4 is 0 Å². The first kappa shape index (κ1) is 18.1. The molecule has 0 bridgehead atoms. The van der Waals surface area contributed by atoms with Gasteiger partial charge in [-0.2, -0.15) is 0 Å². The number of rotatable bonds is 5. The summed E-state index contributed by atoms with van der Waals surface area (Å²) >= 11 is 0. The number of nitrogens with one attached hydrogen (secondary N) is 1. The van der Waals surface area contributed by atoms with Crippen molar-refractivity contribution in [3.8, 4) is 0 Å². The Morgan fingerprint density at radius 1 is 1.14 bits per heavy atom. The predicted molar refractivity (Wildman–Crippen MR) is 91.2 cm³/mol. The topological polar surface area (TPSA) is 28.2 Å². The lowest BCUT2D eigenvalue weighted by molar-refractivity contribution is 0.133. The van der Waals surface area contributed by atoms with E-state index in [4.69, 9.17) is 0 Å². The summed E-state index contributed by atoms with van der Waals surface area (Å²) in [6.45, 7) is 17.4. The number of hydrogen-bond acceptors (Lipinski definition) is 3. The van der Waals surface area contributed by atoms with Crippen LogP contribution < -0.4 is 5.32 Å². The Balaban J connectivity index is 2.59. The van der Waals surface area contributed by atoms with Crippen LogP contribution in [0.25, 0.3) is 0 Å². The maximum atomic E-state index is 4.60. The first-order chi connectivity index (χ1) is 9.49. The summed E-state index contributed by atoms with van der Waals surface area (Å²) in [5.74, 6) is 0. The molecule has 0 aliphatic heterocycles. The van der Waals surface area contributed by atoms with Crippen LogP contribution >= 0.6 is 0 Å². The molecule has 0 amide bonds. The highest BCUT2D eigenvalue weighted by Gasteiger charge is 2.23. The Hall–Kier alpha value is -0.930. The van der Waals surface area contributed by atoms with E-state index in [0.717, 1.165) is 18.8 Å². The summed E-state index contributed by atoms with van der Waals surface area (Å²) in [6, 6.07) is 4.84. The fourth-order valence-electron chi connectivity index (χ4n) is 2.07. The van der Waals surface area contributed by atoms with Crippen LogP contribution in [0.5, 0.6) is 0 Å². The monoisotopic (exact) mass is 291 g/mol. The minimum atomic E-state index is 0.140. The van der Waals surface area contributed by atoms with E-state index in [1.807, 2.05) is 6.20 Å². The molecule has 3 nitrogen and oxygen atoms in total.